The predicted molar refractivity (Wildman–Crippen MR) is 159 cm³/mol. The highest BCUT2D eigenvalue weighted by molar-refractivity contribution is 7.13. The molecule has 11 heteroatoms. The smallest absolute Gasteiger partial charge is 0.185 e. The first-order chi connectivity index (χ1) is 20.0. The number of aromatic nitrogens is 5. The van der Waals surface area contributed by atoms with E-state index in [1.54, 1.807) is 23.0 Å². The minimum Gasteiger partial charge on any atom is -0.496 e. The molecule has 0 amide bonds. The Morgan fingerprint density at radius 1 is 0.927 bits per heavy atom. The zero-order valence-corrected chi connectivity index (χ0v) is 23.9. The van der Waals surface area contributed by atoms with Gasteiger partial charge in [-0.1, -0.05) is 6.07 Å². The monoisotopic (exact) mass is 567 g/mol. The highest BCUT2D eigenvalue weighted by Gasteiger charge is 2.21. The summed E-state index contributed by atoms with van der Waals surface area (Å²) in [7, 11) is 1.63. The maximum absolute atomic E-state index is 6.29. The minimum atomic E-state index is 0.337. The molecule has 5 aromatic heterocycles. The molecule has 1 aliphatic heterocycles. The third-order valence-electron chi connectivity index (χ3n) is 7.18. The van der Waals surface area contributed by atoms with Crippen molar-refractivity contribution in [1.82, 2.24) is 24.6 Å². The van der Waals surface area contributed by atoms with Crippen LogP contribution in [0.25, 0.3) is 28.1 Å². The van der Waals surface area contributed by atoms with Crippen molar-refractivity contribution in [3.05, 3.63) is 77.2 Å². The molecule has 0 N–H and O–H groups in total. The van der Waals surface area contributed by atoms with Gasteiger partial charge >= 0.3 is 0 Å². The summed E-state index contributed by atoms with van der Waals surface area (Å²) < 4.78 is 19.8. The standard InChI is InChI=1S/C30H29N7O3S/c1-19-5-4-6-28(31-19)35-9-11-36(12-10-35)30-32-21(18-41-30)17-39-25-13-22(38-3)14-26-23(25)15-27(40-26)24-16-37-29(33-24)8-7-20(2)34-37/h4-8,13-16,18H,9-12,17H2,1-3H3. The van der Waals surface area contributed by atoms with Gasteiger partial charge in [-0.2, -0.15) is 5.10 Å². The summed E-state index contributed by atoms with van der Waals surface area (Å²) in [5, 5.41) is 8.41. The lowest BCUT2D eigenvalue weighted by Crippen LogP contribution is -2.46. The van der Waals surface area contributed by atoms with E-state index >= 15 is 0 Å². The van der Waals surface area contributed by atoms with E-state index < -0.39 is 0 Å². The van der Waals surface area contributed by atoms with E-state index in [1.165, 1.54) is 0 Å². The van der Waals surface area contributed by atoms with Crippen molar-refractivity contribution in [2.24, 2.45) is 0 Å². The molecule has 0 atom stereocenters. The zero-order valence-electron chi connectivity index (χ0n) is 23.1. The Kier molecular flexibility index (Phi) is 6.43. The van der Waals surface area contributed by atoms with Crippen LogP contribution >= 0.6 is 11.3 Å². The lowest BCUT2D eigenvalue weighted by atomic mass is 10.2. The van der Waals surface area contributed by atoms with Gasteiger partial charge in [-0.25, -0.2) is 19.5 Å². The quantitative estimate of drug-likeness (QED) is 0.247. The van der Waals surface area contributed by atoms with Crippen molar-refractivity contribution in [3.8, 4) is 23.0 Å². The average molecular weight is 568 g/mol. The molecule has 6 heterocycles. The molecule has 6 aromatic rings. The van der Waals surface area contributed by atoms with Gasteiger partial charge in [0.1, 0.15) is 35.2 Å². The van der Waals surface area contributed by atoms with Crippen LogP contribution in [0.3, 0.4) is 0 Å². The van der Waals surface area contributed by atoms with E-state index in [9.17, 15) is 0 Å². The van der Waals surface area contributed by atoms with Gasteiger partial charge in [0.05, 0.1) is 30.1 Å². The second-order valence-electron chi connectivity index (χ2n) is 10.1. The largest absolute Gasteiger partial charge is 0.496 e. The number of hydrogen-bond donors (Lipinski definition) is 0. The Bertz CT molecular complexity index is 1850. The Balaban J connectivity index is 1.07. The molecule has 1 aromatic carbocycles. The first-order valence-corrected chi connectivity index (χ1v) is 14.4. The highest BCUT2D eigenvalue weighted by atomic mass is 32.1. The van der Waals surface area contributed by atoms with Crippen molar-refractivity contribution in [2.75, 3.05) is 43.1 Å². The Hall–Kier alpha value is -4.64. The number of thiazole rings is 1. The molecule has 41 heavy (non-hydrogen) atoms. The Morgan fingerprint density at radius 2 is 1.78 bits per heavy atom. The van der Waals surface area contributed by atoms with Crippen LogP contribution in [0.15, 0.2) is 64.5 Å². The molecule has 208 valence electrons. The molecule has 1 aliphatic rings. The van der Waals surface area contributed by atoms with E-state index in [0.29, 0.717) is 35.1 Å². The number of imidazole rings is 1. The molecular formula is C30H29N7O3S. The Morgan fingerprint density at radius 3 is 2.61 bits per heavy atom. The second kappa shape index (κ2) is 10.4. The van der Waals surface area contributed by atoms with Gasteiger partial charge < -0.3 is 23.7 Å². The zero-order chi connectivity index (χ0) is 27.9. The number of furan rings is 1. The fraction of sp³-hybridized carbons (Fsp3) is 0.267. The van der Waals surface area contributed by atoms with E-state index in [-0.39, 0.29) is 0 Å². The van der Waals surface area contributed by atoms with E-state index in [0.717, 1.165) is 65.2 Å². The van der Waals surface area contributed by atoms with E-state index in [2.05, 4.69) is 42.4 Å². The number of pyridine rings is 1. The van der Waals surface area contributed by atoms with Crippen LogP contribution in [-0.2, 0) is 6.61 Å². The lowest BCUT2D eigenvalue weighted by molar-refractivity contribution is 0.303. The van der Waals surface area contributed by atoms with Gasteiger partial charge in [0.25, 0.3) is 0 Å². The molecule has 0 radical (unpaired) electrons. The summed E-state index contributed by atoms with van der Waals surface area (Å²) in [5.74, 6) is 3.00. The third kappa shape index (κ3) is 5.04. The van der Waals surface area contributed by atoms with Crippen molar-refractivity contribution in [1.29, 1.82) is 0 Å². The molecule has 10 nitrogen and oxygen atoms in total. The molecule has 0 saturated carbocycles. The first kappa shape index (κ1) is 25.3. The number of fused-ring (bicyclic) bond motifs is 2. The minimum absolute atomic E-state index is 0.337. The summed E-state index contributed by atoms with van der Waals surface area (Å²) >= 11 is 1.65. The molecule has 0 unspecified atom stereocenters. The van der Waals surface area contributed by atoms with Crippen molar-refractivity contribution < 1.29 is 13.9 Å². The predicted octanol–water partition coefficient (Wildman–Crippen LogP) is 5.53. The van der Waals surface area contributed by atoms with Crippen LogP contribution in [0.1, 0.15) is 17.1 Å². The number of nitrogens with zero attached hydrogens (tertiary/aromatic N) is 7. The molecule has 7 rings (SSSR count). The number of rotatable bonds is 7. The SMILES string of the molecule is COc1cc(OCc2csc(N3CCN(c4cccc(C)n4)CC3)n2)c2cc(-c3cn4nc(C)ccc4n3)oc2c1. The van der Waals surface area contributed by atoms with Crippen molar-refractivity contribution in [3.63, 3.8) is 0 Å². The summed E-state index contributed by atoms with van der Waals surface area (Å²) in [6.07, 6.45) is 1.87. The van der Waals surface area contributed by atoms with Gasteiger partial charge in [-0.15, -0.1) is 11.3 Å². The topological polar surface area (TPSA) is 94.1 Å². The normalized spacial score (nSPS) is 13.8. The molecule has 0 aliphatic carbocycles. The first-order valence-electron chi connectivity index (χ1n) is 13.5. The van der Waals surface area contributed by atoms with Crippen molar-refractivity contribution >= 4 is 38.9 Å². The van der Waals surface area contributed by atoms with Crippen LogP contribution in [-0.4, -0.2) is 57.9 Å². The second-order valence-corrected chi connectivity index (χ2v) is 10.9. The maximum atomic E-state index is 6.29. The van der Waals surface area contributed by atoms with E-state index in [1.807, 2.05) is 56.4 Å². The lowest BCUT2D eigenvalue weighted by Gasteiger charge is -2.35. The number of aryl methyl sites for hydroxylation is 2. The fourth-order valence-electron chi connectivity index (χ4n) is 5.03. The highest BCUT2D eigenvalue weighted by Crippen LogP contribution is 2.37. The number of methoxy groups -OCH3 is 1. The van der Waals surface area contributed by atoms with Gasteiger partial charge in [-0.05, 0) is 44.2 Å². The van der Waals surface area contributed by atoms with Crippen LogP contribution in [0.2, 0.25) is 0 Å². The third-order valence-corrected chi connectivity index (χ3v) is 8.13. The van der Waals surface area contributed by atoms with Gasteiger partial charge in [-0.3, -0.25) is 0 Å². The molecule has 0 bridgehead atoms. The summed E-state index contributed by atoms with van der Waals surface area (Å²) in [6, 6.07) is 15.7. The molecule has 0 spiro atoms. The van der Waals surface area contributed by atoms with Gasteiger partial charge in [0, 0.05) is 49.4 Å². The average Bonchev–Trinajstić information content (AvgIpc) is 3.74. The number of hydrogen-bond acceptors (Lipinski definition) is 10. The number of benzene rings is 1. The fourth-order valence-corrected chi connectivity index (χ4v) is 5.90. The van der Waals surface area contributed by atoms with Crippen molar-refractivity contribution in [2.45, 2.75) is 20.5 Å². The van der Waals surface area contributed by atoms with Gasteiger partial charge in [0.2, 0.25) is 0 Å². The van der Waals surface area contributed by atoms with Gasteiger partial charge in [0.15, 0.2) is 16.5 Å². The molecular weight excluding hydrogens is 538 g/mol. The number of piperazine rings is 1. The van der Waals surface area contributed by atoms with E-state index in [4.69, 9.17) is 18.9 Å². The van der Waals surface area contributed by atoms with Crippen LogP contribution < -0.4 is 19.3 Å². The Labute approximate surface area is 240 Å². The molecule has 1 saturated heterocycles. The summed E-state index contributed by atoms with van der Waals surface area (Å²) in [6.45, 7) is 7.94. The summed E-state index contributed by atoms with van der Waals surface area (Å²) in [4.78, 5) is 18.9. The number of ether oxygens (including phenoxy) is 2. The van der Waals surface area contributed by atoms with Crippen LogP contribution in [0.4, 0.5) is 10.9 Å². The number of anilines is 2. The maximum Gasteiger partial charge on any atom is 0.185 e. The van der Waals surface area contributed by atoms with Crippen LogP contribution in [0.5, 0.6) is 11.5 Å². The summed E-state index contributed by atoms with van der Waals surface area (Å²) in [5.41, 5.74) is 4.96. The van der Waals surface area contributed by atoms with Crippen LogP contribution in [0, 0.1) is 13.8 Å². The molecule has 1 fully saturated rings.